The normalized spacial score (nSPS) is 18.7. The quantitative estimate of drug-likeness (QED) is 0.351. The highest BCUT2D eigenvalue weighted by Gasteiger charge is 2.26. The lowest BCUT2D eigenvalue weighted by Crippen LogP contribution is -2.27. The summed E-state index contributed by atoms with van der Waals surface area (Å²) in [5, 5.41) is 9.33. The van der Waals surface area contributed by atoms with Crippen LogP contribution in [0.2, 0.25) is 0 Å². The number of hydrogen-bond donors (Lipinski definition) is 1. The molecule has 0 aliphatic carbocycles. The monoisotopic (exact) mass is 530 g/mol. The van der Waals surface area contributed by atoms with E-state index in [1.165, 1.54) is 18.4 Å². The fourth-order valence-electron chi connectivity index (χ4n) is 5.72. The molecular weight excluding hydrogens is 492 g/mol. The summed E-state index contributed by atoms with van der Waals surface area (Å²) in [6.45, 7) is 4.78. The maximum Gasteiger partial charge on any atom is 0.306 e. The number of aromatic nitrogens is 1. The fourth-order valence-corrected chi connectivity index (χ4v) is 5.72. The Morgan fingerprint density at radius 3 is 2.69 bits per heavy atom. The van der Waals surface area contributed by atoms with Crippen molar-refractivity contribution in [3.8, 4) is 22.8 Å². The SMILES string of the molecule is COc1cc(-c2ccc(C3CCc4ccc(CC(C)C(=O)O)cc4O3)cc2C(CN2CCCC2)OC)ccn1. The van der Waals surface area contributed by atoms with Crippen LogP contribution < -0.4 is 9.47 Å². The third-order valence-electron chi connectivity index (χ3n) is 8.00. The van der Waals surface area contributed by atoms with Gasteiger partial charge in [-0.05, 0) is 96.8 Å². The minimum absolute atomic E-state index is 0.0859. The first-order valence-corrected chi connectivity index (χ1v) is 13.9. The molecule has 1 saturated heterocycles. The first-order valence-electron chi connectivity index (χ1n) is 13.9. The van der Waals surface area contributed by atoms with Gasteiger partial charge in [0.1, 0.15) is 11.9 Å². The van der Waals surface area contributed by atoms with Crippen LogP contribution >= 0.6 is 0 Å². The van der Waals surface area contributed by atoms with Crippen LogP contribution in [0.1, 0.15) is 60.6 Å². The highest BCUT2D eigenvalue weighted by Crippen LogP contribution is 2.39. The second-order valence-electron chi connectivity index (χ2n) is 10.7. The number of nitrogens with zero attached hydrogens (tertiary/aromatic N) is 2. The summed E-state index contributed by atoms with van der Waals surface area (Å²) in [6, 6.07) is 16.7. The van der Waals surface area contributed by atoms with Crippen LogP contribution in [0.5, 0.6) is 11.6 Å². The van der Waals surface area contributed by atoms with Crippen LogP contribution in [0, 0.1) is 5.92 Å². The average molecular weight is 531 g/mol. The zero-order valence-corrected chi connectivity index (χ0v) is 23.1. The molecule has 7 heteroatoms. The first kappa shape index (κ1) is 27.2. The highest BCUT2D eigenvalue weighted by molar-refractivity contribution is 5.70. The Hall–Kier alpha value is -3.42. The number of likely N-dealkylation sites (tertiary alicyclic amines) is 1. The number of aliphatic carboxylic acids is 1. The van der Waals surface area contributed by atoms with Gasteiger partial charge in [0.05, 0.1) is 19.1 Å². The molecule has 39 heavy (non-hydrogen) atoms. The van der Waals surface area contributed by atoms with Gasteiger partial charge in [-0.1, -0.05) is 31.2 Å². The number of carboxylic acids is 1. The van der Waals surface area contributed by atoms with Gasteiger partial charge in [0.25, 0.3) is 0 Å². The van der Waals surface area contributed by atoms with E-state index in [-0.39, 0.29) is 12.2 Å². The maximum absolute atomic E-state index is 11.4. The van der Waals surface area contributed by atoms with Crippen LogP contribution in [0.3, 0.4) is 0 Å². The van der Waals surface area contributed by atoms with Crippen LogP contribution in [0.4, 0.5) is 0 Å². The average Bonchev–Trinajstić information content (AvgIpc) is 3.48. The fraction of sp³-hybridized carbons (Fsp3) is 0.438. The molecule has 3 heterocycles. The number of hydrogen-bond acceptors (Lipinski definition) is 6. The smallest absolute Gasteiger partial charge is 0.306 e. The standard InChI is InChI=1S/C32H38N2O5/c1-21(32(35)36)16-22-6-7-23-9-11-28(39-29(23)17-22)25-8-10-26(24-12-13-33-31(19-24)38-3)27(18-25)30(37-2)20-34-14-4-5-15-34/h6-8,10,12-13,17-19,21,28,30H,4-5,9,11,14-16,20H2,1-3H3,(H,35,36). The van der Waals surface area contributed by atoms with E-state index in [1.54, 1.807) is 27.3 Å². The highest BCUT2D eigenvalue weighted by atomic mass is 16.5. The lowest BCUT2D eigenvalue weighted by atomic mass is 9.90. The summed E-state index contributed by atoms with van der Waals surface area (Å²) >= 11 is 0. The minimum atomic E-state index is -0.785. The van der Waals surface area contributed by atoms with E-state index in [9.17, 15) is 9.90 Å². The van der Waals surface area contributed by atoms with Gasteiger partial charge in [0.2, 0.25) is 5.88 Å². The Labute approximate surface area is 230 Å². The maximum atomic E-state index is 11.4. The van der Waals surface area contributed by atoms with Crippen LogP contribution in [-0.4, -0.2) is 54.8 Å². The molecule has 2 aliphatic rings. The molecule has 1 fully saturated rings. The number of benzene rings is 2. The molecule has 206 valence electrons. The second kappa shape index (κ2) is 12.2. The number of aryl methyl sites for hydroxylation is 1. The minimum Gasteiger partial charge on any atom is -0.485 e. The number of methoxy groups -OCH3 is 2. The Morgan fingerprint density at radius 2 is 1.95 bits per heavy atom. The van der Waals surface area contributed by atoms with E-state index in [0.717, 1.165) is 66.0 Å². The molecule has 3 unspecified atom stereocenters. The zero-order chi connectivity index (χ0) is 27.4. The largest absolute Gasteiger partial charge is 0.485 e. The van der Waals surface area contributed by atoms with E-state index in [0.29, 0.717) is 12.3 Å². The van der Waals surface area contributed by atoms with Gasteiger partial charge in [-0.15, -0.1) is 0 Å². The molecule has 1 aromatic heterocycles. The lowest BCUT2D eigenvalue weighted by molar-refractivity contribution is -0.141. The predicted octanol–water partition coefficient (Wildman–Crippen LogP) is 5.87. The van der Waals surface area contributed by atoms with Crippen molar-refractivity contribution in [1.29, 1.82) is 0 Å². The lowest BCUT2D eigenvalue weighted by Gasteiger charge is -2.29. The summed E-state index contributed by atoms with van der Waals surface area (Å²) in [6.07, 6.45) is 6.33. The van der Waals surface area contributed by atoms with Crippen molar-refractivity contribution in [1.82, 2.24) is 9.88 Å². The van der Waals surface area contributed by atoms with Gasteiger partial charge in [0.15, 0.2) is 0 Å². The van der Waals surface area contributed by atoms with E-state index in [2.05, 4.69) is 34.1 Å². The summed E-state index contributed by atoms with van der Waals surface area (Å²) in [4.78, 5) is 18.1. The van der Waals surface area contributed by atoms with Gasteiger partial charge in [-0.3, -0.25) is 4.79 Å². The van der Waals surface area contributed by atoms with Crippen LogP contribution in [0.15, 0.2) is 54.7 Å². The van der Waals surface area contributed by atoms with Gasteiger partial charge >= 0.3 is 5.97 Å². The number of rotatable bonds is 10. The van der Waals surface area contributed by atoms with Crippen molar-refractivity contribution in [3.63, 3.8) is 0 Å². The predicted molar refractivity (Wildman–Crippen MR) is 150 cm³/mol. The van der Waals surface area contributed by atoms with Gasteiger partial charge in [-0.25, -0.2) is 4.98 Å². The Kier molecular flexibility index (Phi) is 8.48. The van der Waals surface area contributed by atoms with Crippen LogP contribution in [0.25, 0.3) is 11.1 Å². The number of fused-ring (bicyclic) bond motifs is 1. The molecule has 3 aromatic rings. The molecule has 0 bridgehead atoms. The van der Waals surface area contributed by atoms with Crippen molar-refractivity contribution >= 4 is 5.97 Å². The Balaban J connectivity index is 1.46. The molecule has 2 aliphatic heterocycles. The second-order valence-corrected chi connectivity index (χ2v) is 10.7. The van der Waals surface area contributed by atoms with E-state index in [1.807, 2.05) is 24.3 Å². The molecular formula is C32H38N2O5. The molecule has 2 aromatic carbocycles. The van der Waals surface area contributed by atoms with Crippen molar-refractivity contribution in [2.24, 2.45) is 5.92 Å². The van der Waals surface area contributed by atoms with Gasteiger partial charge < -0.3 is 24.2 Å². The number of carbonyl (C=O) groups is 1. The molecule has 3 atom stereocenters. The van der Waals surface area contributed by atoms with Gasteiger partial charge in [-0.2, -0.15) is 0 Å². The molecule has 0 radical (unpaired) electrons. The van der Waals surface area contributed by atoms with Crippen molar-refractivity contribution in [3.05, 3.63) is 77.0 Å². The molecule has 5 rings (SSSR count). The topological polar surface area (TPSA) is 81.1 Å². The summed E-state index contributed by atoms with van der Waals surface area (Å²) in [7, 11) is 3.42. The van der Waals surface area contributed by atoms with E-state index in [4.69, 9.17) is 14.2 Å². The third kappa shape index (κ3) is 6.26. The number of carboxylic acid groups (broad SMARTS) is 1. The van der Waals surface area contributed by atoms with Gasteiger partial charge in [0, 0.05) is 25.9 Å². The van der Waals surface area contributed by atoms with Crippen molar-refractivity contribution in [2.75, 3.05) is 33.9 Å². The number of pyridine rings is 1. The molecule has 7 nitrogen and oxygen atoms in total. The summed E-state index contributed by atoms with van der Waals surface area (Å²) in [5.41, 5.74) is 6.55. The molecule has 0 spiro atoms. The van der Waals surface area contributed by atoms with E-state index < -0.39 is 11.9 Å². The molecule has 0 amide bonds. The third-order valence-corrected chi connectivity index (χ3v) is 8.00. The van der Waals surface area contributed by atoms with Crippen molar-refractivity contribution in [2.45, 2.75) is 51.2 Å². The molecule has 0 saturated carbocycles. The number of ether oxygens (including phenoxy) is 3. The first-order chi connectivity index (χ1) is 18.9. The van der Waals surface area contributed by atoms with E-state index >= 15 is 0 Å². The van der Waals surface area contributed by atoms with Crippen LogP contribution in [-0.2, 0) is 22.4 Å². The Bertz CT molecular complexity index is 1300. The molecule has 1 N–H and O–H groups in total. The zero-order valence-electron chi connectivity index (χ0n) is 23.1. The summed E-state index contributed by atoms with van der Waals surface area (Å²) in [5.74, 6) is 0.209. The Morgan fingerprint density at radius 1 is 1.13 bits per heavy atom. The van der Waals surface area contributed by atoms with Crippen molar-refractivity contribution < 1.29 is 24.1 Å². The summed E-state index contributed by atoms with van der Waals surface area (Å²) < 4.78 is 18.1.